The summed E-state index contributed by atoms with van der Waals surface area (Å²) in [4.78, 5) is 11.7. The van der Waals surface area contributed by atoms with Gasteiger partial charge in [-0.1, -0.05) is 0 Å². The average molecular weight is 280 g/mol. The van der Waals surface area contributed by atoms with Crippen molar-refractivity contribution in [1.29, 1.82) is 0 Å². The Balaban J connectivity index is 2.96. The van der Waals surface area contributed by atoms with E-state index in [2.05, 4.69) is 0 Å². The molecule has 1 fully saturated rings. The van der Waals surface area contributed by atoms with Crippen LogP contribution in [0.2, 0.25) is 0 Å². The second-order valence-electron chi connectivity index (χ2n) is 4.60. The van der Waals surface area contributed by atoms with E-state index in [1.54, 1.807) is 6.92 Å². The molecular weight excluding hydrogens is 260 g/mol. The lowest BCUT2D eigenvalue weighted by atomic mass is 9.83. The molecule has 8 nitrogen and oxygen atoms in total. The molecule has 0 unspecified atom stereocenters. The van der Waals surface area contributed by atoms with Gasteiger partial charge in [-0.05, 0) is 13.8 Å². The van der Waals surface area contributed by atoms with Crippen LogP contribution in [0.3, 0.4) is 0 Å². The van der Waals surface area contributed by atoms with E-state index in [0.717, 1.165) is 6.92 Å². The summed E-state index contributed by atoms with van der Waals surface area (Å²) >= 11 is 0. The maximum absolute atomic E-state index is 11.7. The van der Waals surface area contributed by atoms with Crippen molar-refractivity contribution >= 4 is 5.97 Å². The summed E-state index contributed by atoms with van der Waals surface area (Å²) in [5.74, 6) is -4.56. The fourth-order valence-corrected chi connectivity index (χ4v) is 2.13. The molecule has 6 atom stereocenters. The van der Waals surface area contributed by atoms with Gasteiger partial charge in [-0.2, -0.15) is 0 Å². The summed E-state index contributed by atoms with van der Waals surface area (Å²) < 4.78 is 9.72. The normalized spacial score (nSPS) is 40.8. The minimum absolute atomic E-state index is 0.0386. The van der Waals surface area contributed by atoms with E-state index in [1.807, 2.05) is 0 Å². The van der Waals surface area contributed by atoms with E-state index in [0.29, 0.717) is 0 Å². The summed E-state index contributed by atoms with van der Waals surface area (Å²) in [6.07, 6.45) is -6.24. The van der Waals surface area contributed by atoms with E-state index < -0.39 is 48.7 Å². The third-order valence-corrected chi connectivity index (χ3v) is 3.09. The third kappa shape index (κ3) is 3.22. The van der Waals surface area contributed by atoms with Crippen LogP contribution in [0.5, 0.6) is 0 Å². The van der Waals surface area contributed by atoms with Crippen LogP contribution in [-0.4, -0.2) is 74.9 Å². The van der Waals surface area contributed by atoms with Crippen LogP contribution in [0.25, 0.3) is 0 Å². The lowest BCUT2D eigenvalue weighted by Gasteiger charge is -2.46. The number of aliphatic hydroxyl groups is 5. The van der Waals surface area contributed by atoms with Gasteiger partial charge in [-0.3, -0.25) is 4.79 Å². The first-order valence-corrected chi connectivity index (χ1v) is 5.98. The number of hydrogen-bond acceptors (Lipinski definition) is 8. The lowest BCUT2D eigenvalue weighted by Crippen LogP contribution is -2.65. The molecule has 0 aromatic carbocycles. The second-order valence-corrected chi connectivity index (χ2v) is 4.60. The topological polar surface area (TPSA) is 137 Å². The molecule has 112 valence electrons. The molecular formula is C11H20O8. The van der Waals surface area contributed by atoms with Crippen molar-refractivity contribution in [2.75, 3.05) is 13.2 Å². The highest BCUT2D eigenvalue weighted by atomic mass is 16.7. The highest BCUT2D eigenvalue weighted by Gasteiger charge is 2.56. The van der Waals surface area contributed by atoms with E-state index in [4.69, 9.17) is 14.6 Å². The van der Waals surface area contributed by atoms with Crippen molar-refractivity contribution in [3.8, 4) is 0 Å². The third-order valence-electron chi connectivity index (χ3n) is 3.09. The number of carbonyl (C=O) groups excluding carboxylic acids is 1. The monoisotopic (exact) mass is 280 g/mol. The summed E-state index contributed by atoms with van der Waals surface area (Å²) in [5, 5.41) is 48.0. The van der Waals surface area contributed by atoms with Gasteiger partial charge in [0.05, 0.1) is 13.2 Å². The number of hydrogen-bond donors (Lipinski definition) is 5. The van der Waals surface area contributed by atoms with Gasteiger partial charge in [-0.15, -0.1) is 0 Å². The van der Waals surface area contributed by atoms with Gasteiger partial charge in [0.2, 0.25) is 0 Å². The van der Waals surface area contributed by atoms with Crippen LogP contribution in [-0.2, 0) is 14.3 Å². The van der Waals surface area contributed by atoms with E-state index in [-0.39, 0.29) is 6.61 Å². The Morgan fingerprint density at radius 3 is 2.47 bits per heavy atom. The molecule has 0 aromatic heterocycles. The van der Waals surface area contributed by atoms with Gasteiger partial charge >= 0.3 is 5.97 Å². The molecule has 1 aliphatic heterocycles. The predicted molar refractivity (Wildman–Crippen MR) is 60.7 cm³/mol. The Bertz CT molecular complexity index is 318. The molecule has 8 heteroatoms. The summed E-state index contributed by atoms with van der Waals surface area (Å²) in [6.45, 7) is 1.98. The lowest BCUT2D eigenvalue weighted by molar-refractivity contribution is -0.333. The van der Waals surface area contributed by atoms with Gasteiger partial charge in [0.1, 0.15) is 30.3 Å². The number of carbonyl (C=O) groups is 1. The van der Waals surface area contributed by atoms with Gasteiger partial charge in [0.25, 0.3) is 0 Å². The average Bonchev–Trinajstić information content (AvgIpc) is 2.33. The highest BCUT2D eigenvalue weighted by Crippen LogP contribution is 2.34. The Hall–Kier alpha value is -0.770. The first-order chi connectivity index (χ1) is 8.76. The molecule has 1 rings (SSSR count). The van der Waals surface area contributed by atoms with Crippen LogP contribution < -0.4 is 0 Å². The molecule has 19 heavy (non-hydrogen) atoms. The fraction of sp³-hybridized carbons (Fsp3) is 0.909. The molecule has 5 N–H and O–H groups in total. The number of esters is 1. The van der Waals surface area contributed by atoms with Crippen LogP contribution in [0.1, 0.15) is 13.8 Å². The molecule has 0 bridgehead atoms. The maximum atomic E-state index is 11.7. The molecule has 1 saturated heterocycles. The predicted octanol–water partition coefficient (Wildman–Crippen LogP) is -2.65. The molecule has 1 aliphatic rings. The largest absolute Gasteiger partial charge is 0.466 e. The zero-order valence-electron chi connectivity index (χ0n) is 10.8. The molecule has 0 saturated carbocycles. The maximum Gasteiger partial charge on any atom is 0.317 e. The van der Waals surface area contributed by atoms with Crippen molar-refractivity contribution < 1.29 is 39.8 Å². The first-order valence-electron chi connectivity index (χ1n) is 5.98. The van der Waals surface area contributed by atoms with Crippen LogP contribution in [0.4, 0.5) is 0 Å². The van der Waals surface area contributed by atoms with Crippen molar-refractivity contribution in [2.45, 2.75) is 44.1 Å². The quantitative estimate of drug-likeness (QED) is 0.352. The SMILES string of the molecule is CCOC(=O)[C@@H]1[C@@H](O)[C@H](O)[C@@H]([C@H](O)CO)O[C@]1(C)O. The van der Waals surface area contributed by atoms with Crippen molar-refractivity contribution in [3.63, 3.8) is 0 Å². The smallest absolute Gasteiger partial charge is 0.317 e. The number of aliphatic hydroxyl groups excluding tert-OH is 4. The molecule has 0 aliphatic carbocycles. The van der Waals surface area contributed by atoms with E-state index >= 15 is 0 Å². The molecule has 0 spiro atoms. The fourth-order valence-electron chi connectivity index (χ4n) is 2.13. The molecule has 1 heterocycles. The Labute approximate surface area is 110 Å². The number of ether oxygens (including phenoxy) is 2. The summed E-state index contributed by atoms with van der Waals surface area (Å²) in [7, 11) is 0. The van der Waals surface area contributed by atoms with Gasteiger partial charge in [-0.25, -0.2) is 0 Å². The zero-order chi connectivity index (χ0) is 14.8. The number of rotatable bonds is 4. The van der Waals surface area contributed by atoms with Gasteiger partial charge in [0, 0.05) is 0 Å². The molecule has 0 amide bonds. The van der Waals surface area contributed by atoms with Gasteiger partial charge in [0.15, 0.2) is 5.79 Å². The summed E-state index contributed by atoms with van der Waals surface area (Å²) in [5.41, 5.74) is 0. The summed E-state index contributed by atoms with van der Waals surface area (Å²) in [6, 6.07) is 0. The Kier molecular flexibility index (Phi) is 5.25. The minimum Gasteiger partial charge on any atom is -0.466 e. The first kappa shape index (κ1) is 16.3. The Morgan fingerprint density at radius 1 is 1.42 bits per heavy atom. The van der Waals surface area contributed by atoms with Crippen molar-refractivity contribution in [1.82, 2.24) is 0 Å². The van der Waals surface area contributed by atoms with E-state index in [9.17, 15) is 25.2 Å². The minimum atomic E-state index is -2.13. The van der Waals surface area contributed by atoms with Gasteiger partial charge < -0.3 is 35.0 Å². The Morgan fingerprint density at radius 2 is 2.00 bits per heavy atom. The zero-order valence-corrected chi connectivity index (χ0v) is 10.8. The standard InChI is InChI=1S/C11H20O8/c1-3-18-10(16)6-7(14)8(15)9(5(13)4-12)19-11(6,2)17/h5-9,12-15,17H,3-4H2,1-2H3/t5-,6+,7-,8+,9-,11+/m1/s1. The van der Waals surface area contributed by atoms with Crippen molar-refractivity contribution in [3.05, 3.63) is 0 Å². The molecule has 0 aromatic rings. The highest BCUT2D eigenvalue weighted by molar-refractivity contribution is 5.74. The van der Waals surface area contributed by atoms with Crippen LogP contribution >= 0.6 is 0 Å². The van der Waals surface area contributed by atoms with Crippen LogP contribution in [0, 0.1) is 5.92 Å². The van der Waals surface area contributed by atoms with Crippen molar-refractivity contribution in [2.24, 2.45) is 5.92 Å². The molecule has 0 radical (unpaired) electrons. The second kappa shape index (κ2) is 6.12. The van der Waals surface area contributed by atoms with Crippen LogP contribution in [0.15, 0.2) is 0 Å². The van der Waals surface area contributed by atoms with E-state index in [1.165, 1.54) is 0 Å².